The van der Waals surface area contributed by atoms with Gasteiger partial charge in [0.1, 0.15) is 13.2 Å². The third-order valence-corrected chi connectivity index (χ3v) is 14.4. The van der Waals surface area contributed by atoms with E-state index in [1.807, 2.05) is 0 Å². The molecule has 0 amide bonds. The van der Waals surface area contributed by atoms with Gasteiger partial charge in [-0.1, -0.05) is 286 Å². The average Bonchev–Trinajstić information content (AvgIpc) is 3.43. The van der Waals surface area contributed by atoms with Crippen molar-refractivity contribution in [2.24, 2.45) is 0 Å². The summed E-state index contributed by atoms with van der Waals surface area (Å²) in [7, 11) is 0. The van der Waals surface area contributed by atoms with E-state index in [2.05, 4.69) is 106 Å². The largest absolute Gasteiger partial charge is 0.462 e. The van der Waals surface area contributed by atoms with Crippen LogP contribution in [-0.4, -0.2) is 37.2 Å². The summed E-state index contributed by atoms with van der Waals surface area (Å²) in [5.74, 6) is -0.946. The minimum Gasteiger partial charge on any atom is -0.462 e. The lowest BCUT2D eigenvalue weighted by Gasteiger charge is -2.18. The first-order valence-corrected chi connectivity index (χ1v) is 33.1. The number of unbranched alkanes of at least 4 members (excludes halogenated alkanes) is 35. The molecule has 77 heavy (non-hydrogen) atoms. The summed E-state index contributed by atoms with van der Waals surface area (Å²) in [6.45, 7) is 6.51. The molecule has 444 valence electrons. The van der Waals surface area contributed by atoms with Crippen molar-refractivity contribution in [1.29, 1.82) is 0 Å². The molecule has 6 nitrogen and oxygen atoms in total. The molecule has 0 aromatic heterocycles. The van der Waals surface area contributed by atoms with Gasteiger partial charge in [0.25, 0.3) is 0 Å². The summed E-state index contributed by atoms with van der Waals surface area (Å²) >= 11 is 0. The Morgan fingerprint density at radius 2 is 0.519 bits per heavy atom. The number of carbonyl (C=O) groups is 3. The molecule has 0 saturated carbocycles. The molecule has 0 aliphatic carbocycles. The molecule has 6 heteroatoms. The highest BCUT2D eigenvalue weighted by Crippen LogP contribution is 2.16. The molecule has 0 spiro atoms. The Kier molecular flexibility index (Phi) is 62.2. The lowest BCUT2D eigenvalue weighted by molar-refractivity contribution is -0.167. The van der Waals surface area contributed by atoms with Gasteiger partial charge in [0.15, 0.2) is 6.10 Å². The van der Waals surface area contributed by atoms with Crippen molar-refractivity contribution < 1.29 is 28.6 Å². The molecule has 1 unspecified atom stereocenters. The number of hydrogen-bond acceptors (Lipinski definition) is 6. The summed E-state index contributed by atoms with van der Waals surface area (Å²) in [5, 5.41) is 0. The molecular formula is C71H124O6. The van der Waals surface area contributed by atoms with Crippen LogP contribution in [0.15, 0.2) is 85.1 Å². The third kappa shape index (κ3) is 63.3. The van der Waals surface area contributed by atoms with Crippen molar-refractivity contribution in [2.75, 3.05) is 13.2 Å². The number of ether oxygens (including phenoxy) is 3. The quantitative estimate of drug-likeness (QED) is 0.0261. The van der Waals surface area contributed by atoms with E-state index in [-0.39, 0.29) is 37.5 Å². The molecule has 0 aliphatic heterocycles. The van der Waals surface area contributed by atoms with Crippen molar-refractivity contribution >= 4 is 17.9 Å². The highest BCUT2D eigenvalue weighted by Gasteiger charge is 2.19. The Balaban J connectivity index is 4.42. The Hall–Kier alpha value is -3.41. The lowest BCUT2D eigenvalue weighted by Crippen LogP contribution is -2.30. The van der Waals surface area contributed by atoms with Gasteiger partial charge in [-0.25, -0.2) is 0 Å². The minimum absolute atomic E-state index is 0.0947. The van der Waals surface area contributed by atoms with Crippen molar-refractivity contribution in [3.05, 3.63) is 85.1 Å². The molecule has 0 aromatic carbocycles. The van der Waals surface area contributed by atoms with Crippen LogP contribution in [0.3, 0.4) is 0 Å². The van der Waals surface area contributed by atoms with Gasteiger partial charge in [0.2, 0.25) is 0 Å². The van der Waals surface area contributed by atoms with Gasteiger partial charge in [0.05, 0.1) is 0 Å². The van der Waals surface area contributed by atoms with Crippen LogP contribution in [0, 0.1) is 0 Å². The van der Waals surface area contributed by atoms with E-state index in [4.69, 9.17) is 14.2 Å². The fourth-order valence-electron chi connectivity index (χ4n) is 9.41. The fourth-order valence-corrected chi connectivity index (χ4v) is 9.41. The molecule has 0 aromatic rings. The zero-order valence-corrected chi connectivity index (χ0v) is 51.0. The molecule has 0 bridgehead atoms. The van der Waals surface area contributed by atoms with Crippen LogP contribution in [0.5, 0.6) is 0 Å². The maximum Gasteiger partial charge on any atom is 0.306 e. The molecule has 0 heterocycles. The molecular weight excluding hydrogens is 949 g/mol. The zero-order chi connectivity index (χ0) is 55.7. The van der Waals surface area contributed by atoms with E-state index in [1.54, 1.807) is 0 Å². The molecule has 0 aliphatic rings. The molecule has 0 fully saturated rings. The topological polar surface area (TPSA) is 78.9 Å². The molecule has 0 N–H and O–H groups in total. The van der Waals surface area contributed by atoms with Crippen LogP contribution in [0.25, 0.3) is 0 Å². The van der Waals surface area contributed by atoms with E-state index in [9.17, 15) is 14.4 Å². The zero-order valence-electron chi connectivity index (χ0n) is 51.0. The Labute approximate surface area is 477 Å². The summed E-state index contributed by atoms with van der Waals surface area (Å²) in [6, 6.07) is 0. The third-order valence-electron chi connectivity index (χ3n) is 14.4. The predicted octanol–water partition coefficient (Wildman–Crippen LogP) is 22.7. The lowest BCUT2D eigenvalue weighted by atomic mass is 10.1. The minimum atomic E-state index is -0.803. The van der Waals surface area contributed by atoms with Crippen LogP contribution in [-0.2, 0) is 28.6 Å². The Bertz CT molecular complexity index is 1470. The second-order valence-corrected chi connectivity index (χ2v) is 22.0. The van der Waals surface area contributed by atoms with Crippen LogP contribution >= 0.6 is 0 Å². The van der Waals surface area contributed by atoms with Crippen molar-refractivity contribution in [3.63, 3.8) is 0 Å². The van der Waals surface area contributed by atoms with E-state index in [1.165, 1.54) is 205 Å². The second kappa shape index (κ2) is 65.1. The smallest absolute Gasteiger partial charge is 0.306 e. The molecule has 0 rings (SSSR count). The average molecular weight is 1070 g/mol. The first-order chi connectivity index (χ1) is 38.0. The first kappa shape index (κ1) is 73.6. The monoisotopic (exact) mass is 1070 g/mol. The van der Waals surface area contributed by atoms with Crippen LogP contribution in [0.2, 0.25) is 0 Å². The summed E-state index contributed by atoms with van der Waals surface area (Å²) in [6.07, 6.45) is 86.0. The number of rotatable bonds is 60. The van der Waals surface area contributed by atoms with Gasteiger partial charge in [0, 0.05) is 19.3 Å². The second-order valence-electron chi connectivity index (χ2n) is 22.0. The van der Waals surface area contributed by atoms with E-state index in [0.717, 1.165) is 77.0 Å². The maximum atomic E-state index is 12.9. The first-order valence-electron chi connectivity index (χ1n) is 33.1. The van der Waals surface area contributed by atoms with Crippen LogP contribution < -0.4 is 0 Å². The van der Waals surface area contributed by atoms with Crippen LogP contribution in [0.4, 0.5) is 0 Å². The van der Waals surface area contributed by atoms with E-state index < -0.39 is 6.10 Å². The highest BCUT2D eigenvalue weighted by molar-refractivity contribution is 5.71. The van der Waals surface area contributed by atoms with Crippen LogP contribution in [0.1, 0.15) is 329 Å². The van der Waals surface area contributed by atoms with E-state index >= 15 is 0 Å². The normalized spacial score (nSPS) is 12.6. The fraction of sp³-hybridized carbons (Fsp3) is 0.761. The molecule has 1 atom stereocenters. The Morgan fingerprint density at radius 3 is 0.857 bits per heavy atom. The number of carbonyl (C=O) groups excluding carboxylic acids is 3. The van der Waals surface area contributed by atoms with Gasteiger partial charge >= 0.3 is 17.9 Å². The van der Waals surface area contributed by atoms with Gasteiger partial charge in [-0.15, -0.1) is 0 Å². The van der Waals surface area contributed by atoms with Gasteiger partial charge in [-0.2, -0.15) is 0 Å². The standard InChI is InChI=1S/C71H124O6/c1-4-7-10-13-16-19-22-25-28-31-33-35-37-40-43-46-49-52-55-58-61-64-70(73)76-67-68(66-75-69(72)63-60-57-54-51-48-45-42-39-30-27-24-21-18-15-12-9-6-3)77-71(74)65-62-59-56-53-50-47-44-41-38-36-34-32-29-26-23-20-17-14-11-8-5-2/h9,12,18,21,27,30-34,42,45,51,54,68H,4-8,10-11,13-17,19-20,22-26,28-29,35-41,43-44,46-50,52-53,55-67H2,1-3H3/b12-9-,21-18-,30-27-,33-31-,34-32-,45-42-,54-51-. The number of hydrogen-bond donors (Lipinski definition) is 0. The van der Waals surface area contributed by atoms with Crippen molar-refractivity contribution in [1.82, 2.24) is 0 Å². The van der Waals surface area contributed by atoms with Crippen molar-refractivity contribution in [3.8, 4) is 0 Å². The number of allylic oxidation sites excluding steroid dienone is 14. The van der Waals surface area contributed by atoms with Gasteiger partial charge < -0.3 is 14.2 Å². The van der Waals surface area contributed by atoms with Gasteiger partial charge in [-0.3, -0.25) is 14.4 Å². The number of esters is 3. The predicted molar refractivity (Wildman–Crippen MR) is 334 cm³/mol. The summed E-state index contributed by atoms with van der Waals surface area (Å²) in [5.41, 5.74) is 0. The van der Waals surface area contributed by atoms with Gasteiger partial charge in [-0.05, 0) is 109 Å². The molecule has 0 radical (unpaired) electrons. The summed E-state index contributed by atoms with van der Waals surface area (Å²) < 4.78 is 16.9. The summed E-state index contributed by atoms with van der Waals surface area (Å²) in [4.78, 5) is 38.4. The SMILES string of the molecule is CC/C=C\C/C=C\C/C=C\C/C=C\C/C=C\CCCC(=O)OCC(COC(=O)CCCCCCCCCCC/C=C\CCCCCCCCCC)OC(=O)CCCCCCCCCCC/C=C\CCCCCCCCCC. The Morgan fingerprint density at radius 1 is 0.273 bits per heavy atom. The van der Waals surface area contributed by atoms with Crippen molar-refractivity contribution in [2.45, 2.75) is 335 Å². The molecule has 0 saturated heterocycles. The highest BCUT2D eigenvalue weighted by atomic mass is 16.6. The van der Waals surface area contributed by atoms with E-state index in [0.29, 0.717) is 19.3 Å². The maximum absolute atomic E-state index is 12.9.